The van der Waals surface area contributed by atoms with E-state index in [1.165, 1.54) is 30.3 Å². The van der Waals surface area contributed by atoms with E-state index >= 15 is 0 Å². The van der Waals surface area contributed by atoms with E-state index in [9.17, 15) is 14.0 Å². The molecule has 0 saturated carbocycles. The Morgan fingerprint density at radius 1 is 1.09 bits per heavy atom. The van der Waals surface area contributed by atoms with Crippen LogP contribution in [0.2, 0.25) is 0 Å². The van der Waals surface area contributed by atoms with Crippen LogP contribution in [-0.4, -0.2) is 18.5 Å². The lowest BCUT2D eigenvalue weighted by Gasteiger charge is -2.05. The maximum Gasteiger partial charge on any atom is 0.330 e. The minimum absolute atomic E-state index is 0.320. The van der Waals surface area contributed by atoms with Crippen molar-refractivity contribution in [3.8, 4) is 0 Å². The van der Waals surface area contributed by atoms with E-state index in [-0.39, 0.29) is 11.7 Å². The SMILES string of the molecule is CCOC(=O)/C=C/c1ccc(NC(=O)c2ccc(F)cc2)cc1. The van der Waals surface area contributed by atoms with Crippen molar-refractivity contribution >= 4 is 23.6 Å². The van der Waals surface area contributed by atoms with Gasteiger partial charge in [0.25, 0.3) is 5.91 Å². The number of rotatable bonds is 5. The largest absolute Gasteiger partial charge is 0.463 e. The first-order valence-corrected chi connectivity index (χ1v) is 7.10. The van der Waals surface area contributed by atoms with E-state index in [0.29, 0.717) is 17.9 Å². The molecule has 118 valence electrons. The van der Waals surface area contributed by atoms with Crippen molar-refractivity contribution in [3.63, 3.8) is 0 Å². The normalized spacial score (nSPS) is 10.5. The molecule has 0 saturated heterocycles. The Balaban J connectivity index is 1.98. The van der Waals surface area contributed by atoms with Crippen LogP contribution in [0.1, 0.15) is 22.8 Å². The number of hydrogen-bond acceptors (Lipinski definition) is 3. The minimum atomic E-state index is -0.402. The summed E-state index contributed by atoms with van der Waals surface area (Å²) >= 11 is 0. The molecule has 0 unspecified atom stereocenters. The molecule has 0 aliphatic rings. The van der Waals surface area contributed by atoms with Gasteiger partial charge in [-0.15, -0.1) is 0 Å². The molecule has 0 radical (unpaired) electrons. The number of nitrogens with one attached hydrogen (secondary N) is 1. The number of esters is 1. The second kappa shape index (κ2) is 7.89. The van der Waals surface area contributed by atoms with Gasteiger partial charge in [0.1, 0.15) is 5.82 Å². The number of hydrogen-bond donors (Lipinski definition) is 1. The molecule has 1 amide bonds. The Bertz CT molecular complexity index is 706. The summed E-state index contributed by atoms with van der Waals surface area (Å²) in [7, 11) is 0. The molecule has 0 fully saturated rings. The molecule has 2 rings (SSSR count). The number of ether oxygens (including phenoxy) is 1. The summed E-state index contributed by atoms with van der Waals surface area (Å²) in [6, 6.07) is 12.3. The Morgan fingerprint density at radius 3 is 2.35 bits per heavy atom. The minimum Gasteiger partial charge on any atom is -0.463 e. The first-order chi connectivity index (χ1) is 11.1. The van der Waals surface area contributed by atoms with Crippen molar-refractivity contribution in [2.75, 3.05) is 11.9 Å². The summed E-state index contributed by atoms with van der Waals surface area (Å²) in [5, 5.41) is 2.71. The van der Waals surface area contributed by atoms with Crippen LogP contribution in [0, 0.1) is 5.82 Å². The lowest BCUT2D eigenvalue weighted by Crippen LogP contribution is -2.11. The smallest absolute Gasteiger partial charge is 0.330 e. The van der Waals surface area contributed by atoms with Crippen LogP contribution in [-0.2, 0) is 9.53 Å². The van der Waals surface area contributed by atoms with Gasteiger partial charge in [-0.2, -0.15) is 0 Å². The third-order valence-corrected chi connectivity index (χ3v) is 2.97. The van der Waals surface area contributed by atoms with E-state index in [0.717, 1.165) is 5.56 Å². The summed E-state index contributed by atoms with van der Waals surface area (Å²) in [6.45, 7) is 2.07. The zero-order valence-corrected chi connectivity index (χ0v) is 12.6. The van der Waals surface area contributed by atoms with Crippen LogP contribution < -0.4 is 5.32 Å². The number of carbonyl (C=O) groups is 2. The molecular weight excluding hydrogens is 297 g/mol. The second-order valence-corrected chi connectivity index (χ2v) is 4.67. The zero-order chi connectivity index (χ0) is 16.7. The van der Waals surface area contributed by atoms with Gasteiger partial charge in [0, 0.05) is 17.3 Å². The lowest BCUT2D eigenvalue weighted by molar-refractivity contribution is -0.137. The Labute approximate surface area is 133 Å². The van der Waals surface area contributed by atoms with E-state index in [1.54, 1.807) is 37.3 Å². The molecule has 0 bridgehead atoms. The highest BCUT2D eigenvalue weighted by Gasteiger charge is 2.05. The second-order valence-electron chi connectivity index (χ2n) is 4.67. The molecule has 0 spiro atoms. The molecular formula is C18H16FNO3. The number of benzene rings is 2. The Kier molecular flexibility index (Phi) is 5.63. The van der Waals surface area contributed by atoms with Crippen LogP contribution in [0.25, 0.3) is 6.08 Å². The van der Waals surface area contributed by atoms with Gasteiger partial charge in [-0.3, -0.25) is 4.79 Å². The van der Waals surface area contributed by atoms with Crippen LogP contribution in [0.4, 0.5) is 10.1 Å². The third kappa shape index (κ3) is 5.07. The molecule has 5 heteroatoms. The number of carbonyl (C=O) groups excluding carboxylic acids is 2. The van der Waals surface area contributed by atoms with Gasteiger partial charge in [-0.1, -0.05) is 12.1 Å². The molecule has 1 N–H and O–H groups in total. The Hall–Kier alpha value is -2.95. The molecule has 0 atom stereocenters. The first-order valence-electron chi connectivity index (χ1n) is 7.10. The van der Waals surface area contributed by atoms with Crippen LogP contribution >= 0.6 is 0 Å². The maximum absolute atomic E-state index is 12.8. The highest BCUT2D eigenvalue weighted by molar-refractivity contribution is 6.04. The fourth-order valence-corrected chi connectivity index (χ4v) is 1.84. The van der Waals surface area contributed by atoms with Gasteiger partial charge in [-0.25, -0.2) is 9.18 Å². The van der Waals surface area contributed by atoms with Crippen molar-refractivity contribution in [1.82, 2.24) is 0 Å². The molecule has 0 aliphatic heterocycles. The van der Waals surface area contributed by atoms with E-state index in [2.05, 4.69) is 5.32 Å². The van der Waals surface area contributed by atoms with Gasteiger partial charge in [0.2, 0.25) is 0 Å². The molecule has 0 heterocycles. The topological polar surface area (TPSA) is 55.4 Å². The highest BCUT2D eigenvalue weighted by atomic mass is 19.1. The van der Waals surface area contributed by atoms with Gasteiger partial charge >= 0.3 is 5.97 Å². The molecule has 0 aromatic heterocycles. The van der Waals surface area contributed by atoms with Crippen molar-refractivity contribution < 1.29 is 18.7 Å². The summed E-state index contributed by atoms with van der Waals surface area (Å²) in [6.07, 6.45) is 2.97. The Morgan fingerprint density at radius 2 is 1.74 bits per heavy atom. The maximum atomic E-state index is 12.8. The molecule has 2 aromatic carbocycles. The fraction of sp³-hybridized carbons (Fsp3) is 0.111. The molecule has 0 aliphatic carbocycles. The standard InChI is InChI=1S/C18H16FNO3/c1-2-23-17(21)12-5-13-3-10-16(11-4-13)20-18(22)14-6-8-15(19)9-7-14/h3-12H,2H2,1H3,(H,20,22)/b12-5+. The summed E-state index contributed by atoms with van der Waals surface area (Å²) in [4.78, 5) is 23.2. The van der Waals surface area contributed by atoms with E-state index < -0.39 is 5.97 Å². The van der Waals surface area contributed by atoms with Crippen LogP contribution in [0.15, 0.2) is 54.6 Å². The van der Waals surface area contributed by atoms with Crippen molar-refractivity contribution in [2.24, 2.45) is 0 Å². The van der Waals surface area contributed by atoms with E-state index in [4.69, 9.17) is 4.74 Å². The van der Waals surface area contributed by atoms with Gasteiger partial charge in [0.05, 0.1) is 6.61 Å². The van der Waals surface area contributed by atoms with E-state index in [1.807, 2.05) is 0 Å². The number of anilines is 1. The fourth-order valence-electron chi connectivity index (χ4n) is 1.84. The highest BCUT2D eigenvalue weighted by Crippen LogP contribution is 2.13. The predicted octanol–water partition coefficient (Wildman–Crippen LogP) is 3.65. The predicted molar refractivity (Wildman–Crippen MR) is 86.5 cm³/mol. The average molecular weight is 313 g/mol. The monoisotopic (exact) mass is 313 g/mol. The average Bonchev–Trinajstić information content (AvgIpc) is 2.55. The summed E-state index contributed by atoms with van der Waals surface area (Å²) in [5.41, 5.74) is 1.78. The number of amides is 1. The van der Waals surface area contributed by atoms with Gasteiger partial charge < -0.3 is 10.1 Å². The van der Waals surface area contributed by atoms with Crippen molar-refractivity contribution in [1.29, 1.82) is 0 Å². The van der Waals surface area contributed by atoms with Gasteiger partial charge in [0.15, 0.2) is 0 Å². The van der Waals surface area contributed by atoms with Crippen molar-refractivity contribution in [3.05, 3.63) is 71.6 Å². The van der Waals surface area contributed by atoms with Gasteiger partial charge in [-0.05, 0) is 55.0 Å². The third-order valence-electron chi connectivity index (χ3n) is 2.97. The lowest BCUT2D eigenvalue weighted by atomic mass is 10.1. The zero-order valence-electron chi connectivity index (χ0n) is 12.6. The van der Waals surface area contributed by atoms with Crippen LogP contribution in [0.5, 0.6) is 0 Å². The van der Waals surface area contributed by atoms with Crippen molar-refractivity contribution in [2.45, 2.75) is 6.92 Å². The first kappa shape index (κ1) is 16.4. The molecule has 4 nitrogen and oxygen atoms in total. The van der Waals surface area contributed by atoms with Crippen LogP contribution in [0.3, 0.4) is 0 Å². The molecule has 2 aromatic rings. The number of halogens is 1. The summed E-state index contributed by atoms with van der Waals surface area (Å²) < 4.78 is 17.6. The molecule has 23 heavy (non-hydrogen) atoms. The summed E-state index contributed by atoms with van der Waals surface area (Å²) in [5.74, 6) is -1.11. The quantitative estimate of drug-likeness (QED) is 0.677.